The zero-order chi connectivity index (χ0) is 15.7. The summed E-state index contributed by atoms with van der Waals surface area (Å²) in [6, 6.07) is 0. The zero-order valence-corrected chi connectivity index (χ0v) is 13.6. The van der Waals surface area contributed by atoms with Gasteiger partial charge in [0.05, 0.1) is 12.3 Å². The third kappa shape index (κ3) is 3.63. The van der Waals surface area contributed by atoms with Crippen LogP contribution < -0.4 is 4.72 Å². The summed E-state index contributed by atoms with van der Waals surface area (Å²) in [6.07, 6.45) is 1.92. The number of piperidine rings is 1. The van der Waals surface area contributed by atoms with Gasteiger partial charge in [0.2, 0.25) is 10.0 Å². The lowest BCUT2D eigenvalue weighted by Gasteiger charge is -2.37. The Hall–Kier alpha value is -0.960. The predicted octanol–water partition coefficient (Wildman–Crippen LogP) is 0.221. The molecule has 21 heavy (non-hydrogen) atoms. The van der Waals surface area contributed by atoms with Crippen molar-refractivity contribution in [1.82, 2.24) is 19.8 Å². The first kappa shape index (κ1) is 16.4. The van der Waals surface area contributed by atoms with Gasteiger partial charge in [0.1, 0.15) is 10.6 Å². The van der Waals surface area contributed by atoms with E-state index in [9.17, 15) is 13.5 Å². The molecule has 2 heterocycles. The van der Waals surface area contributed by atoms with Crippen molar-refractivity contribution < 1.29 is 13.5 Å². The molecule has 0 bridgehead atoms. The molecular formula is C13H24N4O3S. The van der Waals surface area contributed by atoms with E-state index in [0.717, 1.165) is 25.9 Å². The smallest absolute Gasteiger partial charge is 0.244 e. The molecule has 1 saturated heterocycles. The van der Waals surface area contributed by atoms with Crippen molar-refractivity contribution >= 4 is 10.0 Å². The lowest BCUT2D eigenvalue weighted by molar-refractivity contribution is 0.143. The number of hydrogen-bond acceptors (Lipinski definition) is 5. The van der Waals surface area contributed by atoms with Gasteiger partial charge in [-0.25, -0.2) is 13.1 Å². The lowest BCUT2D eigenvalue weighted by Crippen LogP contribution is -2.43. The highest BCUT2D eigenvalue weighted by Crippen LogP contribution is 2.30. The fourth-order valence-electron chi connectivity index (χ4n) is 2.61. The third-order valence-electron chi connectivity index (χ3n) is 4.26. The minimum atomic E-state index is -3.66. The first-order valence-corrected chi connectivity index (χ1v) is 8.59. The highest BCUT2D eigenvalue weighted by Gasteiger charge is 2.32. The number of nitrogens with zero attached hydrogens (tertiary/aromatic N) is 2. The average molecular weight is 316 g/mol. The Labute approximate surface area is 125 Å². The molecule has 1 fully saturated rings. The fourth-order valence-corrected chi connectivity index (χ4v) is 4.16. The molecule has 120 valence electrons. The molecule has 0 amide bonds. The van der Waals surface area contributed by atoms with E-state index in [1.54, 1.807) is 6.92 Å². The first-order valence-electron chi connectivity index (χ1n) is 7.10. The van der Waals surface area contributed by atoms with Crippen LogP contribution in [0.3, 0.4) is 0 Å². The standard InChI is InChI=1S/C13H24N4O3S/c1-10-12(11(8-18)16-15-10)21(19,20)14-9-13(2)4-6-17(3)7-5-13/h14,18H,4-9H2,1-3H3,(H,15,16). The topological polar surface area (TPSA) is 98.3 Å². The Morgan fingerprint density at radius 2 is 2.05 bits per heavy atom. The van der Waals surface area contributed by atoms with Crippen molar-refractivity contribution in [2.45, 2.75) is 38.2 Å². The summed E-state index contributed by atoms with van der Waals surface area (Å²) in [5.74, 6) is 0. The number of aromatic amines is 1. The molecule has 1 aliphatic heterocycles. The molecule has 0 saturated carbocycles. The molecule has 0 atom stereocenters. The van der Waals surface area contributed by atoms with Crippen LogP contribution in [0.2, 0.25) is 0 Å². The third-order valence-corrected chi connectivity index (χ3v) is 5.87. The number of hydrogen-bond donors (Lipinski definition) is 3. The Morgan fingerprint density at radius 1 is 1.43 bits per heavy atom. The van der Waals surface area contributed by atoms with Gasteiger partial charge in [-0.05, 0) is 45.3 Å². The summed E-state index contributed by atoms with van der Waals surface area (Å²) in [7, 11) is -1.58. The average Bonchev–Trinajstić information content (AvgIpc) is 2.82. The number of rotatable bonds is 5. The second-order valence-corrected chi connectivity index (χ2v) is 7.92. The lowest BCUT2D eigenvalue weighted by atomic mass is 9.81. The number of nitrogens with one attached hydrogen (secondary N) is 2. The second kappa shape index (κ2) is 6.04. The largest absolute Gasteiger partial charge is 0.390 e. The molecule has 0 radical (unpaired) electrons. The van der Waals surface area contributed by atoms with Crippen LogP contribution in [0, 0.1) is 12.3 Å². The van der Waals surface area contributed by atoms with Crippen LogP contribution in [-0.2, 0) is 16.6 Å². The maximum absolute atomic E-state index is 12.5. The van der Waals surface area contributed by atoms with Gasteiger partial charge in [-0.2, -0.15) is 5.10 Å². The highest BCUT2D eigenvalue weighted by molar-refractivity contribution is 7.89. The van der Waals surface area contributed by atoms with Crippen molar-refractivity contribution in [1.29, 1.82) is 0 Å². The Bertz CT molecular complexity index is 589. The normalized spacial score (nSPS) is 19.8. The van der Waals surface area contributed by atoms with Gasteiger partial charge >= 0.3 is 0 Å². The molecular weight excluding hydrogens is 292 g/mol. The predicted molar refractivity (Wildman–Crippen MR) is 79.3 cm³/mol. The minimum absolute atomic E-state index is 0.0312. The molecule has 1 aliphatic rings. The molecule has 1 aromatic rings. The van der Waals surface area contributed by atoms with E-state index in [1.807, 2.05) is 0 Å². The molecule has 0 aliphatic carbocycles. The first-order chi connectivity index (χ1) is 9.77. The summed E-state index contributed by atoms with van der Waals surface area (Å²) in [6.45, 7) is 5.70. The van der Waals surface area contributed by atoms with Crippen LogP contribution in [0.4, 0.5) is 0 Å². The number of likely N-dealkylation sites (tertiary alicyclic amines) is 1. The number of aliphatic hydroxyl groups is 1. The van der Waals surface area contributed by atoms with Crippen molar-refractivity contribution in [2.24, 2.45) is 5.41 Å². The fraction of sp³-hybridized carbons (Fsp3) is 0.769. The maximum Gasteiger partial charge on any atom is 0.244 e. The molecule has 2 rings (SSSR count). The summed E-state index contributed by atoms with van der Waals surface area (Å²) in [4.78, 5) is 2.32. The monoisotopic (exact) mass is 316 g/mol. The molecule has 0 unspecified atom stereocenters. The van der Waals surface area contributed by atoms with Crippen LogP contribution in [0.5, 0.6) is 0 Å². The van der Waals surface area contributed by atoms with Crippen molar-refractivity contribution in [2.75, 3.05) is 26.7 Å². The molecule has 3 N–H and O–H groups in total. The summed E-state index contributed by atoms with van der Waals surface area (Å²) in [5, 5.41) is 15.6. The van der Waals surface area contributed by atoms with Crippen molar-refractivity contribution in [3.63, 3.8) is 0 Å². The van der Waals surface area contributed by atoms with Gasteiger partial charge in [-0.1, -0.05) is 6.92 Å². The molecule has 8 heteroatoms. The highest BCUT2D eigenvalue weighted by atomic mass is 32.2. The Kier molecular flexibility index (Phi) is 4.72. The molecule has 1 aromatic heterocycles. The van der Waals surface area contributed by atoms with E-state index in [1.165, 1.54) is 0 Å². The van der Waals surface area contributed by atoms with E-state index in [-0.39, 0.29) is 16.0 Å². The van der Waals surface area contributed by atoms with Gasteiger partial charge in [-0.15, -0.1) is 0 Å². The van der Waals surface area contributed by atoms with Crippen LogP contribution in [0.15, 0.2) is 4.90 Å². The second-order valence-electron chi connectivity index (χ2n) is 6.22. The zero-order valence-electron chi connectivity index (χ0n) is 12.8. The number of H-pyrrole nitrogens is 1. The van der Waals surface area contributed by atoms with Crippen LogP contribution >= 0.6 is 0 Å². The quantitative estimate of drug-likeness (QED) is 0.722. The Balaban J connectivity index is 2.10. The number of aliphatic hydroxyl groups excluding tert-OH is 1. The summed E-state index contributed by atoms with van der Waals surface area (Å²) < 4.78 is 27.6. The van der Waals surface area contributed by atoms with E-state index in [0.29, 0.717) is 12.2 Å². The van der Waals surface area contributed by atoms with Gasteiger partial charge < -0.3 is 10.0 Å². The molecule has 7 nitrogen and oxygen atoms in total. The minimum Gasteiger partial charge on any atom is -0.390 e. The van der Waals surface area contributed by atoms with Gasteiger partial charge in [-0.3, -0.25) is 5.10 Å². The van der Waals surface area contributed by atoms with Crippen LogP contribution in [0.1, 0.15) is 31.2 Å². The maximum atomic E-state index is 12.5. The molecule has 0 aromatic carbocycles. The number of aromatic nitrogens is 2. The molecule has 0 spiro atoms. The van der Waals surface area contributed by atoms with Crippen molar-refractivity contribution in [3.8, 4) is 0 Å². The number of aryl methyl sites for hydroxylation is 1. The van der Waals surface area contributed by atoms with Gasteiger partial charge in [0.25, 0.3) is 0 Å². The van der Waals surface area contributed by atoms with Gasteiger partial charge in [0.15, 0.2) is 0 Å². The van der Waals surface area contributed by atoms with E-state index in [4.69, 9.17) is 0 Å². The van der Waals surface area contributed by atoms with Crippen molar-refractivity contribution in [3.05, 3.63) is 11.4 Å². The van der Waals surface area contributed by atoms with Crippen LogP contribution in [0.25, 0.3) is 0 Å². The van der Waals surface area contributed by atoms with E-state index >= 15 is 0 Å². The van der Waals surface area contributed by atoms with Crippen LogP contribution in [-0.4, -0.2) is 55.3 Å². The SMILES string of the molecule is Cc1[nH]nc(CO)c1S(=O)(=O)NCC1(C)CCN(C)CC1. The van der Waals surface area contributed by atoms with E-state index in [2.05, 4.69) is 33.8 Å². The van der Waals surface area contributed by atoms with Gasteiger partial charge in [0, 0.05) is 6.54 Å². The van der Waals surface area contributed by atoms with E-state index < -0.39 is 16.6 Å². The number of sulfonamides is 1. The summed E-state index contributed by atoms with van der Waals surface area (Å²) >= 11 is 0. The summed E-state index contributed by atoms with van der Waals surface area (Å²) in [5.41, 5.74) is 0.574. The Morgan fingerprint density at radius 3 is 2.62 bits per heavy atom.